The zero-order chi connectivity index (χ0) is 22.5. The minimum atomic E-state index is -0.919. The molecule has 4 heterocycles. The third kappa shape index (κ3) is 3.32. The topological polar surface area (TPSA) is 66.8 Å². The predicted octanol–water partition coefficient (Wildman–Crippen LogP) is 4.54. The zero-order valence-electron chi connectivity index (χ0n) is 18.0. The van der Waals surface area contributed by atoms with E-state index in [-0.39, 0.29) is 5.91 Å². The summed E-state index contributed by atoms with van der Waals surface area (Å²) >= 11 is 0. The number of H-pyrrole nitrogens is 1. The van der Waals surface area contributed by atoms with Crippen LogP contribution in [0.3, 0.4) is 0 Å². The summed E-state index contributed by atoms with van der Waals surface area (Å²) in [5.74, 6) is -1.52. The van der Waals surface area contributed by atoms with E-state index >= 15 is 0 Å². The average Bonchev–Trinajstić information content (AvgIpc) is 3.56. The molecule has 4 aromatic rings. The van der Waals surface area contributed by atoms with E-state index in [4.69, 9.17) is 0 Å². The number of carbonyl (C=O) groups excluding carboxylic acids is 1. The van der Waals surface area contributed by atoms with Gasteiger partial charge in [0.2, 0.25) is 0 Å². The summed E-state index contributed by atoms with van der Waals surface area (Å²) in [7, 11) is 0. The van der Waals surface area contributed by atoms with Gasteiger partial charge in [-0.25, -0.2) is 18.4 Å². The van der Waals surface area contributed by atoms with Gasteiger partial charge in [0.1, 0.15) is 5.65 Å². The Balaban J connectivity index is 1.24. The highest BCUT2D eigenvalue weighted by atomic mass is 19.2. The van der Waals surface area contributed by atoms with E-state index in [0.717, 1.165) is 66.5 Å². The molecule has 2 aliphatic rings. The summed E-state index contributed by atoms with van der Waals surface area (Å²) in [6.45, 7) is 1.31. The number of hydrogen-bond donors (Lipinski definition) is 1. The first-order chi connectivity index (χ1) is 16.1. The fraction of sp³-hybridized carbons (Fsp3) is 0.320. The number of rotatable bonds is 3. The molecule has 0 atom stereocenters. The molecule has 33 heavy (non-hydrogen) atoms. The maximum atomic E-state index is 13.8. The number of aromatic nitrogens is 4. The summed E-state index contributed by atoms with van der Waals surface area (Å²) < 4.78 is 28.9. The molecule has 1 fully saturated rings. The van der Waals surface area contributed by atoms with Crippen molar-refractivity contribution in [3.63, 3.8) is 0 Å². The Bertz CT molecular complexity index is 1370. The number of likely N-dealkylation sites (tertiary alicyclic amines) is 1. The number of halogens is 2. The van der Waals surface area contributed by atoms with Crippen molar-refractivity contribution in [3.8, 4) is 5.69 Å². The molecule has 0 bridgehead atoms. The Morgan fingerprint density at radius 1 is 1.09 bits per heavy atom. The lowest BCUT2D eigenvalue weighted by Gasteiger charge is -2.31. The highest BCUT2D eigenvalue weighted by Crippen LogP contribution is 2.34. The minimum Gasteiger partial charge on any atom is -0.346 e. The van der Waals surface area contributed by atoms with Gasteiger partial charge in [-0.15, -0.1) is 0 Å². The van der Waals surface area contributed by atoms with Crippen LogP contribution in [0, 0.1) is 11.6 Å². The van der Waals surface area contributed by atoms with E-state index in [0.29, 0.717) is 30.4 Å². The second kappa shape index (κ2) is 7.79. The molecule has 1 aliphatic heterocycles. The fourth-order valence-corrected chi connectivity index (χ4v) is 5.30. The monoisotopic (exact) mass is 447 g/mol. The first-order valence-corrected chi connectivity index (χ1v) is 11.4. The Morgan fingerprint density at radius 3 is 2.76 bits per heavy atom. The highest BCUT2D eigenvalue weighted by Gasteiger charge is 2.32. The number of aromatic amines is 1. The van der Waals surface area contributed by atoms with Gasteiger partial charge in [0.05, 0.1) is 5.69 Å². The zero-order valence-corrected chi connectivity index (χ0v) is 18.0. The van der Waals surface area contributed by atoms with Gasteiger partial charge in [-0.05, 0) is 67.9 Å². The van der Waals surface area contributed by atoms with E-state index in [2.05, 4.69) is 21.1 Å². The molecule has 0 unspecified atom stereocenters. The lowest BCUT2D eigenvalue weighted by Crippen LogP contribution is -2.38. The molecule has 1 saturated heterocycles. The number of nitrogens with one attached hydrogen (secondary N) is 1. The first kappa shape index (κ1) is 20.1. The Morgan fingerprint density at radius 2 is 1.94 bits per heavy atom. The van der Waals surface area contributed by atoms with Crippen LogP contribution in [0.2, 0.25) is 0 Å². The smallest absolute Gasteiger partial charge is 0.274 e. The van der Waals surface area contributed by atoms with Crippen molar-refractivity contribution in [2.75, 3.05) is 13.1 Å². The molecule has 0 saturated carbocycles. The van der Waals surface area contributed by atoms with Gasteiger partial charge in [-0.1, -0.05) is 0 Å². The molecule has 0 radical (unpaired) electrons. The first-order valence-electron chi connectivity index (χ1n) is 11.4. The van der Waals surface area contributed by atoms with Gasteiger partial charge >= 0.3 is 0 Å². The normalized spacial score (nSPS) is 16.5. The number of fused-ring (bicyclic) bond motifs is 2. The summed E-state index contributed by atoms with van der Waals surface area (Å²) in [6, 6.07) is 7.76. The van der Waals surface area contributed by atoms with Gasteiger partial charge in [-0.3, -0.25) is 4.79 Å². The summed E-state index contributed by atoms with van der Waals surface area (Å²) in [6.07, 6.45) is 8.04. The number of nitrogens with zero attached hydrogens (tertiary/aromatic N) is 4. The van der Waals surface area contributed by atoms with Gasteiger partial charge in [0.25, 0.3) is 5.91 Å². The molecule has 6 rings (SSSR count). The lowest BCUT2D eigenvalue weighted by molar-refractivity contribution is 0.0705. The lowest BCUT2D eigenvalue weighted by atomic mass is 9.89. The van der Waals surface area contributed by atoms with Crippen molar-refractivity contribution in [3.05, 3.63) is 76.9 Å². The Kier molecular flexibility index (Phi) is 4.74. The largest absolute Gasteiger partial charge is 0.346 e. The van der Waals surface area contributed by atoms with Crippen molar-refractivity contribution < 1.29 is 13.6 Å². The van der Waals surface area contributed by atoms with Crippen molar-refractivity contribution in [2.24, 2.45) is 0 Å². The molecule has 1 amide bonds. The van der Waals surface area contributed by atoms with Crippen LogP contribution in [0.5, 0.6) is 0 Å². The number of amides is 1. The number of carbonyl (C=O) groups is 1. The van der Waals surface area contributed by atoms with E-state index < -0.39 is 11.6 Å². The quantitative estimate of drug-likeness (QED) is 0.502. The van der Waals surface area contributed by atoms with Crippen LogP contribution in [0.4, 0.5) is 8.78 Å². The SMILES string of the molecule is O=C(c1nn(-c2ccc(F)c(F)c2)c2c1CCC2)N1CCC(c2c[nH]c3ncccc23)CC1. The molecule has 1 N–H and O–H groups in total. The van der Waals surface area contributed by atoms with Crippen LogP contribution in [0.15, 0.2) is 42.7 Å². The molecular weight excluding hydrogens is 424 g/mol. The Hall–Kier alpha value is -3.55. The molecule has 6 nitrogen and oxygen atoms in total. The van der Waals surface area contributed by atoms with Gasteiger partial charge in [-0.2, -0.15) is 5.10 Å². The second-order valence-electron chi connectivity index (χ2n) is 8.85. The van der Waals surface area contributed by atoms with Crippen molar-refractivity contribution in [2.45, 2.75) is 38.0 Å². The minimum absolute atomic E-state index is 0.0754. The van der Waals surface area contributed by atoms with Crippen molar-refractivity contribution in [1.82, 2.24) is 24.6 Å². The van der Waals surface area contributed by atoms with E-state index in [1.165, 1.54) is 11.6 Å². The number of hydrogen-bond acceptors (Lipinski definition) is 3. The van der Waals surface area contributed by atoms with Crippen LogP contribution in [0.25, 0.3) is 16.7 Å². The second-order valence-corrected chi connectivity index (χ2v) is 8.85. The van der Waals surface area contributed by atoms with E-state index in [1.807, 2.05) is 17.2 Å². The van der Waals surface area contributed by atoms with Crippen LogP contribution < -0.4 is 0 Å². The van der Waals surface area contributed by atoms with E-state index in [1.54, 1.807) is 10.9 Å². The summed E-state index contributed by atoms with van der Waals surface area (Å²) in [4.78, 5) is 22.9. The fourth-order valence-electron chi connectivity index (χ4n) is 5.30. The van der Waals surface area contributed by atoms with Crippen LogP contribution in [-0.2, 0) is 12.8 Å². The van der Waals surface area contributed by atoms with Crippen molar-refractivity contribution >= 4 is 16.9 Å². The Labute approximate surface area is 189 Å². The van der Waals surface area contributed by atoms with Gasteiger partial charge in [0.15, 0.2) is 17.3 Å². The number of pyridine rings is 1. The molecule has 8 heteroatoms. The van der Waals surface area contributed by atoms with Crippen LogP contribution in [0.1, 0.15) is 52.5 Å². The number of benzene rings is 1. The third-order valence-corrected chi connectivity index (χ3v) is 6.99. The average molecular weight is 447 g/mol. The van der Waals surface area contributed by atoms with Crippen LogP contribution in [-0.4, -0.2) is 43.6 Å². The van der Waals surface area contributed by atoms with E-state index in [9.17, 15) is 13.6 Å². The maximum absolute atomic E-state index is 13.8. The molecule has 1 aromatic carbocycles. The molecule has 3 aromatic heterocycles. The molecular formula is C25H23F2N5O. The molecule has 1 aliphatic carbocycles. The summed E-state index contributed by atoms with van der Waals surface area (Å²) in [5, 5.41) is 5.72. The predicted molar refractivity (Wildman–Crippen MR) is 119 cm³/mol. The third-order valence-electron chi connectivity index (χ3n) is 6.99. The highest BCUT2D eigenvalue weighted by molar-refractivity contribution is 5.94. The van der Waals surface area contributed by atoms with Gasteiger partial charge < -0.3 is 9.88 Å². The molecule has 0 spiro atoms. The number of piperidine rings is 1. The van der Waals surface area contributed by atoms with Crippen LogP contribution >= 0.6 is 0 Å². The van der Waals surface area contributed by atoms with Gasteiger partial charge in [0, 0.05) is 48.2 Å². The van der Waals surface area contributed by atoms with Crippen molar-refractivity contribution in [1.29, 1.82) is 0 Å². The summed E-state index contributed by atoms with van der Waals surface area (Å²) in [5.41, 5.74) is 4.90. The standard InChI is InChI=1S/C25H23F2N5O/c26-20-7-6-16(13-21(20)27)32-22-5-1-3-18(22)23(30-32)25(33)31-11-8-15(9-12-31)19-14-29-24-17(19)4-2-10-28-24/h2,4,6-7,10,13-15H,1,3,5,8-9,11-12H2,(H,28,29). The maximum Gasteiger partial charge on any atom is 0.274 e. The molecule has 168 valence electrons.